The van der Waals surface area contributed by atoms with E-state index in [0.717, 1.165) is 11.3 Å². The van der Waals surface area contributed by atoms with Gasteiger partial charge in [-0.1, -0.05) is 12.1 Å². The second-order valence-electron chi connectivity index (χ2n) is 4.84. The highest BCUT2D eigenvalue weighted by atomic mass is 16.3. The number of hydrogen-bond donors (Lipinski definition) is 2. The van der Waals surface area contributed by atoms with Crippen LogP contribution in [0.15, 0.2) is 42.7 Å². The van der Waals surface area contributed by atoms with Crippen molar-refractivity contribution in [3.8, 4) is 0 Å². The van der Waals surface area contributed by atoms with Crippen molar-refractivity contribution in [1.29, 1.82) is 0 Å². The Morgan fingerprint density at radius 1 is 1.45 bits per heavy atom. The van der Waals surface area contributed by atoms with Gasteiger partial charge in [-0.15, -0.1) is 0 Å². The molecular formula is C15H19N3O2. The van der Waals surface area contributed by atoms with Crippen LogP contribution in [0, 0.1) is 0 Å². The van der Waals surface area contributed by atoms with Crippen molar-refractivity contribution in [2.75, 3.05) is 5.32 Å². The molecule has 0 bridgehead atoms. The predicted octanol–water partition coefficient (Wildman–Crippen LogP) is 2.03. The SMILES string of the molecule is CC(O)CCC(=O)Nc1cccc(Cn2cccn2)c1. The highest BCUT2D eigenvalue weighted by Crippen LogP contribution is 2.12. The first kappa shape index (κ1) is 14.3. The van der Waals surface area contributed by atoms with E-state index in [1.54, 1.807) is 13.1 Å². The van der Waals surface area contributed by atoms with Crippen LogP contribution in [-0.2, 0) is 11.3 Å². The smallest absolute Gasteiger partial charge is 0.224 e. The van der Waals surface area contributed by atoms with Gasteiger partial charge >= 0.3 is 0 Å². The van der Waals surface area contributed by atoms with E-state index in [4.69, 9.17) is 5.11 Å². The van der Waals surface area contributed by atoms with Gasteiger partial charge in [-0.25, -0.2) is 0 Å². The van der Waals surface area contributed by atoms with Crippen molar-refractivity contribution in [3.05, 3.63) is 48.3 Å². The molecule has 0 saturated carbocycles. The zero-order valence-electron chi connectivity index (χ0n) is 11.5. The number of carbonyl (C=O) groups excluding carboxylic acids is 1. The van der Waals surface area contributed by atoms with Gasteiger partial charge in [0.05, 0.1) is 12.6 Å². The molecule has 0 aliphatic rings. The van der Waals surface area contributed by atoms with Crippen molar-refractivity contribution in [3.63, 3.8) is 0 Å². The number of nitrogens with one attached hydrogen (secondary N) is 1. The molecule has 0 aliphatic heterocycles. The van der Waals surface area contributed by atoms with Gasteiger partial charge < -0.3 is 10.4 Å². The molecule has 1 unspecified atom stereocenters. The fourth-order valence-electron chi connectivity index (χ4n) is 1.89. The van der Waals surface area contributed by atoms with Gasteiger partial charge in [0.25, 0.3) is 0 Å². The van der Waals surface area contributed by atoms with E-state index in [1.165, 1.54) is 0 Å². The van der Waals surface area contributed by atoms with E-state index in [0.29, 0.717) is 19.4 Å². The molecule has 0 saturated heterocycles. The second kappa shape index (κ2) is 6.86. The average molecular weight is 273 g/mol. The molecule has 2 rings (SSSR count). The summed E-state index contributed by atoms with van der Waals surface area (Å²) < 4.78 is 1.83. The first-order valence-corrected chi connectivity index (χ1v) is 6.68. The van der Waals surface area contributed by atoms with Gasteiger partial charge in [-0.3, -0.25) is 9.48 Å². The lowest BCUT2D eigenvalue weighted by atomic mass is 10.2. The topological polar surface area (TPSA) is 67.2 Å². The predicted molar refractivity (Wildman–Crippen MR) is 77.3 cm³/mol. The fourth-order valence-corrected chi connectivity index (χ4v) is 1.89. The summed E-state index contributed by atoms with van der Waals surface area (Å²) in [6.07, 6.45) is 3.97. The molecule has 5 nitrogen and oxygen atoms in total. The molecular weight excluding hydrogens is 254 g/mol. The number of hydrogen-bond acceptors (Lipinski definition) is 3. The van der Waals surface area contributed by atoms with E-state index in [-0.39, 0.29) is 5.91 Å². The van der Waals surface area contributed by atoms with Gasteiger partial charge in [0.2, 0.25) is 5.91 Å². The number of benzene rings is 1. The van der Waals surface area contributed by atoms with E-state index >= 15 is 0 Å². The molecule has 0 aliphatic carbocycles. The first-order chi connectivity index (χ1) is 9.63. The van der Waals surface area contributed by atoms with E-state index in [2.05, 4.69) is 10.4 Å². The van der Waals surface area contributed by atoms with E-state index in [9.17, 15) is 4.79 Å². The number of carbonyl (C=O) groups is 1. The van der Waals surface area contributed by atoms with Gasteiger partial charge in [-0.05, 0) is 37.1 Å². The Hall–Kier alpha value is -2.14. The van der Waals surface area contributed by atoms with Gasteiger partial charge in [-0.2, -0.15) is 5.10 Å². The maximum Gasteiger partial charge on any atom is 0.224 e. The van der Waals surface area contributed by atoms with E-state index in [1.807, 2.05) is 41.2 Å². The molecule has 1 amide bonds. The van der Waals surface area contributed by atoms with Crippen molar-refractivity contribution in [2.45, 2.75) is 32.4 Å². The Labute approximate surface area is 118 Å². The van der Waals surface area contributed by atoms with Crippen LogP contribution in [0.4, 0.5) is 5.69 Å². The summed E-state index contributed by atoms with van der Waals surface area (Å²) in [6, 6.07) is 9.56. The highest BCUT2D eigenvalue weighted by molar-refractivity contribution is 5.90. The molecule has 1 aromatic carbocycles. The number of anilines is 1. The normalized spacial score (nSPS) is 12.1. The number of rotatable bonds is 6. The molecule has 0 spiro atoms. The minimum absolute atomic E-state index is 0.0814. The first-order valence-electron chi connectivity index (χ1n) is 6.68. The van der Waals surface area contributed by atoms with Crippen LogP contribution in [0.1, 0.15) is 25.3 Å². The number of amides is 1. The Morgan fingerprint density at radius 3 is 3.00 bits per heavy atom. The van der Waals surface area contributed by atoms with Crippen LogP contribution >= 0.6 is 0 Å². The Balaban J connectivity index is 1.94. The molecule has 2 aromatic rings. The monoisotopic (exact) mass is 273 g/mol. The molecule has 106 valence electrons. The molecule has 1 heterocycles. The summed E-state index contributed by atoms with van der Waals surface area (Å²) in [6.45, 7) is 2.35. The number of aliphatic hydroxyl groups is 1. The lowest BCUT2D eigenvalue weighted by Crippen LogP contribution is -2.14. The van der Waals surface area contributed by atoms with Crippen LogP contribution in [0.25, 0.3) is 0 Å². The maximum absolute atomic E-state index is 11.7. The zero-order chi connectivity index (χ0) is 14.4. The number of aliphatic hydroxyl groups excluding tert-OH is 1. The van der Waals surface area contributed by atoms with Crippen LogP contribution in [0.5, 0.6) is 0 Å². The summed E-state index contributed by atoms with van der Waals surface area (Å²) in [5, 5.41) is 16.2. The number of nitrogens with zero attached hydrogens (tertiary/aromatic N) is 2. The third-order valence-electron chi connectivity index (χ3n) is 2.90. The second-order valence-corrected chi connectivity index (χ2v) is 4.84. The number of aromatic nitrogens is 2. The van der Waals surface area contributed by atoms with Crippen LogP contribution in [-0.4, -0.2) is 26.9 Å². The Kier molecular flexibility index (Phi) is 4.90. The molecule has 1 atom stereocenters. The van der Waals surface area contributed by atoms with Crippen molar-refractivity contribution >= 4 is 11.6 Å². The Bertz CT molecular complexity index is 550. The maximum atomic E-state index is 11.7. The Morgan fingerprint density at radius 2 is 2.30 bits per heavy atom. The standard InChI is InChI=1S/C15H19N3O2/c1-12(19)6-7-15(20)17-14-5-2-4-13(10-14)11-18-9-3-8-16-18/h2-5,8-10,12,19H,6-7,11H2,1H3,(H,17,20). The molecule has 2 N–H and O–H groups in total. The highest BCUT2D eigenvalue weighted by Gasteiger charge is 2.05. The van der Waals surface area contributed by atoms with Crippen LogP contribution < -0.4 is 5.32 Å². The fraction of sp³-hybridized carbons (Fsp3) is 0.333. The van der Waals surface area contributed by atoms with E-state index < -0.39 is 6.10 Å². The lowest BCUT2D eigenvalue weighted by molar-refractivity contribution is -0.116. The van der Waals surface area contributed by atoms with Gasteiger partial charge in [0.1, 0.15) is 0 Å². The molecule has 5 heteroatoms. The van der Waals surface area contributed by atoms with Crippen molar-refractivity contribution < 1.29 is 9.90 Å². The third-order valence-corrected chi connectivity index (χ3v) is 2.90. The van der Waals surface area contributed by atoms with Crippen LogP contribution in [0.2, 0.25) is 0 Å². The largest absolute Gasteiger partial charge is 0.393 e. The summed E-state index contributed by atoms with van der Waals surface area (Å²) in [4.78, 5) is 11.7. The van der Waals surface area contributed by atoms with Gasteiger partial charge in [0.15, 0.2) is 0 Å². The van der Waals surface area contributed by atoms with Crippen molar-refractivity contribution in [2.24, 2.45) is 0 Å². The summed E-state index contributed by atoms with van der Waals surface area (Å²) in [7, 11) is 0. The molecule has 0 radical (unpaired) electrons. The molecule has 1 aromatic heterocycles. The minimum Gasteiger partial charge on any atom is -0.393 e. The molecule has 20 heavy (non-hydrogen) atoms. The summed E-state index contributed by atoms with van der Waals surface area (Å²) in [5.41, 5.74) is 1.84. The quantitative estimate of drug-likeness (QED) is 0.846. The average Bonchev–Trinajstić information content (AvgIpc) is 2.89. The van der Waals surface area contributed by atoms with Crippen molar-refractivity contribution in [1.82, 2.24) is 9.78 Å². The minimum atomic E-state index is -0.452. The van der Waals surface area contributed by atoms with Gasteiger partial charge in [0, 0.05) is 24.5 Å². The summed E-state index contributed by atoms with van der Waals surface area (Å²) >= 11 is 0. The van der Waals surface area contributed by atoms with Crippen LogP contribution in [0.3, 0.4) is 0 Å². The third kappa shape index (κ3) is 4.51. The molecule has 0 fully saturated rings. The lowest BCUT2D eigenvalue weighted by Gasteiger charge is -2.08. The zero-order valence-corrected chi connectivity index (χ0v) is 11.5. The summed E-state index contributed by atoms with van der Waals surface area (Å²) in [5.74, 6) is -0.0814.